The molecule has 0 aliphatic heterocycles. The van der Waals surface area contributed by atoms with Gasteiger partial charge in [0.25, 0.3) is 0 Å². The number of aliphatic hydroxyl groups excluding tert-OH is 2. The number of halogens is 1. The monoisotopic (exact) mass is 531 g/mol. The molecule has 0 fully saturated rings. The van der Waals surface area contributed by atoms with E-state index in [0.29, 0.717) is 50.6 Å². The van der Waals surface area contributed by atoms with E-state index in [0.717, 1.165) is 0 Å². The Hall–Kier alpha value is -4.42. The molecule has 0 aliphatic carbocycles. The van der Waals surface area contributed by atoms with Crippen LogP contribution in [0.1, 0.15) is 22.6 Å². The third-order valence-corrected chi connectivity index (χ3v) is 6.53. The van der Waals surface area contributed by atoms with Gasteiger partial charge < -0.3 is 25.1 Å². The number of oxazole rings is 1. The van der Waals surface area contributed by atoms with Gasteiger partial charge in [0.05, 0.1) is 17.9 Å². The third-order valence-electron chi connectivity index (χ3n) is 5.54. The van der Waals surface area contributed by atoms with Crippen LogP contribution in [0.15, 0.2) is 58.0 Å². The van der Waals surface area contributed by atoms with Gasteiger partial charge >= 0.3 is 0 Å². The summed E-state index contributed by atoms with van der Waals surface area (Å²) in [6.45, 7) is 1.25. The fourth-order valence-electron chi connectivity index (χ4n) is 3.57. The summed E-state index contributed by atoms with van der Waals surface area (Å²) in [6.07, 6.45) is -1.01. The van der Waals surface area contributed by atoms with Gasteiger partial charge in [-0.3, -0.25) is 0 Å². The standard InChI is InChI=1S/C27H22FN5O4S/c1-15-23(32-26(37-15)17-2-6-18(28)7-3-17)14-38-27-22(11-30)24(21(10-29)25(31)33-27)16-4-8-20(9-5-16)36-13-19(35)12-34/h2-9,19,34-35H,12-14H2,1H3,(H2,31,33)/t19-/m1/s1. The molecule has 0 saturated heterocycles. The molecule has 4 aromatic rings. The van der Waals surface area contributed by atoms with Gasteiger partial charge in [-0.05, 0) is 48.9 Å². The first-order valence-corrected chi connectivity index (χ1v) is 12.3. The Bertz CT molecular complexity index is 1530. The molecule has 0 amide bonds. The number of rotatable bonds is 9. The highest BCUT2D eigenvalue weighted by molar-refractivity contribution is 7.98. The van der Waals surface area contributed by atoms with Crippen LogP contribution in [-0.4, -0.2) is 39.5 Å². The van der Waals surface area contributed by atoms with Crippen LogP contribution in [-0.2, 0) is 5.75 Å². The highest BCUT2D eigenvalue weighted by atomic mass is 32.2. The Kier molecular flexibility index (Phi) is 8.24. The molecule has 9 nitrogen and oxygen atoms in total. The minimum absolute atomic E-state index is 0.0146. The van der Waals surface area contributed by atoms with Crippen LogP contribution < -0.4 is 10.5 Å². The number of aliphatic hydroxyl groups is 2. The Morgan fingerprint density at radius 1 is 1.05 bits per heavy atom. The Balaban J connectivity index is 1.63. The summed E-state index contributed by atoms with van der Waals surface area (Å²) in [5.74, 6) is 1.29. The molecule has 0 spiro atoms. The SMILES string of the molecule is Cc1oc(-c2ccc(F)cc2)nc1CSc1nc(N)c(C#N)c(-c2ccc(OC[C@H](O)CO)cc2)c1C#N. The van der Waals surface area contributed by atoms with Gasteiger partial charge in [0, 0.05) is 16.9 Å². The molecular formula is C27H22FN5O4S. The van der Waals surface area contributed by atoms with Crippen LogP contribution in [0.3, 0.4) is 0 Å². The van der Waals surface area contributed by atoms with E-state index >= 15 is 0 Å². The molecule has 0 unspecified atom stereocenters. The molecule has 192 valence electrons. The lowest BCUT2D eigenvalue weighted by molar-refractivity contribution is 0.0536. The number of nitrogens with two attached hydrogens (primary N) is 1. The average molecular weight is 532 g/mol. The van der Waals surface area contributed by atoms with Gasteiger partial charge in [0.1, 0.15) is 58.6 Å². The molecule has 2 aromatic carbocycles. The number of nitriles is 2. The summed E-state index contributed by atoms with van der Waals surface area (Å²) in [7, 11) is 0. The van der Waals surface area contributed by atoms with Crippen molar-refractivity contribution in [3.63, 3.8) is 0 Å². The summed E-state index contributed by atoms with van der Waals surface area (Å²) in [5, 5.41) is 38.5. The van der Waals surface area contributed by atoms with Crippen molar-refractivity contribution in [3.05, 3.63) is 76.9 Å². The number of benzene rings is 2. The largest absolute Gasteiger partial charge is 0.491 e. The zero-order chi connectivity index (χ0) is 27.2. The number of thioether (sulfide) groups is 1. The predicted octanol–water partition coefficient (Wildman–Crippen LogP) is 4.20. The smallest absolute Gasteiger partial charge is 0.226 e. The number of hydrogen-bond donors (Lipinski definition) is 3. The zero-order valence-electron chi connectivity index (χ0n) is 20.2. The van der Waals surface area contributed by atoms with E-state index in [-0.39, 0.29) is 29.4 Å². The second-order valence-corrected chi connectivity index (χ2v) is 9.10. The summed E-state index contributed by atoms with van der Waals surface area (Å²) in [5.41, 5.74) is 8.52. The van der Waals surface area contributed by atoms with E-state index in [2.05, 4.69) is 16.0 Å². The van der Waals surface area contributed by atoms with Crippen molar-refractivity contribution in [3.8, 4) is 40.5 Å². The number of aromatic nitrogens is 2. The van der Waals surface area contributed by atoms with E-state index < -0.39 is 12.7 Å². The maximum absolute atomic E-state index is 13.3. The topological polar surface area (TPSA) is 162 Å². The number of ether oxygens (including phenoxy) is 1. The molecule has 0 saturated carbocycles. The molecule has 0 aliphatic rings. The molecule has 38 heavy (non-hydrogen) atoms. The maximum Gasteiger partial charge on any atom is 0.226 e. The molecule has 0 radical (unpaired) electrons. The van der Waals surface area contributed by atoms with Gasteiger partial charge in [-0.2, -0.15) is 10.5 Å². The fourth-order valence-corrected chi connectivity index (χ4v) is 4.56. The van der Waals surface area contributed by atoms with Gasteiger partial charge in [0.15, 0.2) is 0 Å². The van der Waals surface area contributed by atoms with Crippen LogP contribution >= 0.6 is 11.8 Å². The molecule has 4 rings (SSSR count). The van der Waals surface area contributed by atoms with Gasteiger partial charge in [-0.1, -0.05) is 23.9 Å². The van der Waals surface area contributed by atoms with Crippen molar-refractivity contribution in [2.45, 2.75) is 23.8 Å². The molecule has 0 bridgehead atoms. The number of aryl methyl sites for hydroxylation is 1. The molecule has 2 heterocycles. The second kappa shape index (κ2) is 11.8. The Morgan fingerprint density at radius 3 is 2.34 bits per heavy atom. The van der Waals surface area contributed by atoms with Crippen LogP contribution in [0.2, 0.25) is 0 Å². The lowest BCUT2D eigenvalue weighted by atomic mass is 9.97. The fraction of sp³-hybridized carbons (Fsp3) is 0.185. The predicted molar refractivity (Wildman–Crippen MR) is 138 cm³/mol. The number of pyridine rings is 1. The van der Waals surface area contributed by atoms with Crippen molar-refractivity contribution in [1.29, 1.82) is 10.5 Å². The molecular weight excluding hydrogens is 509 g/mol. The van der Waals surface area contributed by atoms with E-state index in [9.17, 15) is 20.0 Å². The minimum atomic E-state index is -1.01. The normalized spacial score (nSPS) is 11.5. The lowest BCUT2D eigenvalue weighted by Gasteiger charge is -2.14. The van der Waals surface area contributed by atoms with Crippen molar-refractivity contribution in [2.75, 3.05) is 18.9 Å². The molecule has 4 N–H and O–H groups in total. The van der Waals surface area contributed by atoms with Crippen molar-refractivity contribution in [2.24, 2.45) is 0 Å². The minimum Gasteiger partial charge on any atom is -0.491 e. The maximum atomic E-state index is 13.3. The van der Waals surface area contributed by atoms with Crippen LogP contribution in [0.25, 0.3) is 22.6 Å². The number of nitrogens with zero attached hydrogens (tertiary/aromatic N) is 4. The van der Waals surface area contributed by atoms with E-state index in [1.807, 2.05) is 6.07 Å². The van der Waals surface area contributed by atoms with E-state index in [1.165, 1.54) is 23.9 Å². The summed E-state index contributed by atoms with van der Waals surface area (Å²) >= 11 is 1.23. The molecule has 1 atom stereocenters. The Labute approximate surface area is 222 Å². The van der Waals surface area contributed by atoms with Crippen LogP contribution in [0.4, 0.5) is 10.2 Å². The van der Waals surface area contributed by atoms with Crippen LogP contribution in [0.5, 0.6) is 5.75 Å². The average Bonchev–Trinajstić information content (AvgIpc) is 3.30. The van der Waals surface area contributed by atoms with Crippen molar-refractivity contribution >= 4 is 17.6 Å². The van der Waals surface area contributed by atoms with Crippen molar-refractivity contribution in [1.82, 2.24) is 9.97 Å². The first-order chi connectivity index (χ1) is 18.3. The lowest BCUT2D eigenvalue weighted by Crippen LogP contribution is -2.21. The second-order valence-electron chi connectivity index (χ2n) is 8.14. The first-order valence-electron chi connectivity index (χ1n) is 11.4. The Morgan fingerprint density at radius 2 is 1.71 bits per heavy atom. The van der Waals surface area contributed by atoms with Gasteiger partial charge in [-0.15, -0.1) is 0 Å². The van der Waals surface area contributed by atoms with E-state index in [1.54, 1.807) is 43.3 Å². The number of nitrogen functional groups attached to an aromatic ring is 1. The van der Waals surface area contributed by atoms with Crippen molar-refractivity contribution < 1.29 is 23.8 Å². The number of hydrogen-bond acceptors (Lipinski definition) is 10. The van der Waals surface area contributed by atoms with Gasteiger partial charge in [-0.25, -0.2) is 14.4 Å². The highest BCUT2D eigenvalue weighted by Gasteiger charge is 2.22. The molecule has 11 heteroatoms. The third kappa shape index (κ3) is 5.76. The summed E-state index contributed by atoms with van der Waals surface area (Å²) in [6, 6.07) is 16.6. The first kappa shape index (κ1) is 26.6. The summed E-state index contributed by atoms with van der Waals surface area (Å²) < 4.78 is 24.4. The quantitative estimate of drug-likeness (QED) is 0.267. The van der Waals surface area contributed by atoms with Crippen LogP contribution in [0, 0.1) is 35.4 Å². The zero-order valence-corrected chi connectivity index (χ0v) is 21.0. The number of anilines is 1. The molecule has 2 aromatic heterocycles. The highest BCUT2D eigenvalue weighted by Crippen LogP contribution is 2.37. The van der Waals surface area contributed by atoms with E-state index in [4.69, 9.17) is 20.0 Å². The summed E-state index contributed by atoms with van der Waals surface area (Å²) in [4.78, 5) is 8.83. The van der Waals surface area contributed by atoms with Gasteiger partial charge in [0.2, 0.25) is 5.89 Å².